The third-order valence-electron chi connectivity index (χ3n) is 2.52. The van der Waals surface area contributed by atoms with E-state index in [1.54, 1.807) is 0 Å². The molecule has 0 radical (unpaired) electrons. The fourth-order valence-electron chi connectivity index (χ4n) is 1.63. The van der Waals surface area contributed by atoms with E-state index in [2.05, 4.69) is 4.98 Å². The van der Waals surface area contributed by atoms with Gasteiger partial charge >= 0.3 is 5.97 Å². The largest absolute Gasteiger partial charge is 0.477 e. The van der Waals surface area contributed by atoms with Crippen molar-refractivity contribution in [1.29, 1.82) is 0 Å². The van der Waals surface area contributed by atoms with E-state index in [-0.39, 0.29) is 29.0 Å². The Hall–Kier alpha value is -2.24. The maximum atomic E-state index is 13.6. The molecule has 0 aliphatic rings. The Balaban J connectivity index is 2.66. The number of carboxylic acids is 1. The predicted octanol–water partition coefficient (Wildman–Crippen LogP) is 3.00. The molecule has 0 aliphatic heterocycles. The van der Waals surface area contributed by atoms with Gasteiger partial charge in [-0.2, -0.15) is 0 Å². The van der Waals surface area contributed by atoms with Gasteiger partial charge in [0.2, 0.25) is 5.88 Å². The third kappa shape index (κ3) is 2.47. The van der Waals surface area contributed by atoms with Gasteiger partial charge in [-0.3, -0.25) is 0 Å². The minimum absolute atomic E-state index is 0.174. The molecule has 0 fully saturated rings. The molecule has 1 heterocycles. The second-order valence-corrected chi connectivity index (χ2v) is 3.93. The van der Waals surface area contributed by atoms with Crippen molar-refractivity contribution in [1.82, 2.24) is 4.98 Å². The molecule has 6 heteroatoms. The van der Waals surface area contributed by atoms with E-state index in [0.29, 0.717) is 6.42 Å². The van der Waals surface area contributed by atoms with Gasteiger partial charge in [0, 0.05) is 5.39 Å². The molecule has 1 aromatic carbocycles. The lowest BCUT2D eigenvalue weighted by Gasteiger charge is -2.09. The topological polar surface area (TPSA) is 59.4 Å². The van der Waals surface area contributed by atoms with Crippen LogP contribution in [0.2, 0.25) is 0 Å². The van der Waals surface area contributed by atoms with Crippen molar-refractivity contribution >= 4 is 16.9 Å². The molecule has 0 saturated carbocycles. The molecule has 2 aromatic rings. The van der Waals surface area contributed by atoms with Crippen LogP contribution >= 0.6 is 0 Å². The average Bonchev–Trinajstić information content (AvgIpc) is 2.40. The highest BCUT2D eigenvalue weighted by Crippen LogP contribution is 2.25. The minimum Gasteiger partial charge on any atom is -0.477 e. The average molecular weight is 267 g/mol. The summed E-state index contributed by atoms with van der Waals surface area (Å²) in [7, 11) is 0. The number of halogens is 2. The van der Waals surface area contributed by atoms with Crippen molar-refractivity contribution in [3.63, 3.8) is 0 Å². The van der Waals surface area contributed by atoms with Crippen LogP contribution in [0.15, 0.2) is 18.2 Å². The number of benzene rings is 1. The highest BCUT2D eigenvalue weighted by atomic mass is 19.2. The molecule has 0 spiro atoms. The van der Waals surface area contributed by atoms with Gasteiger partial charge in [0.05, 0.1) is 6.61 Å². The fraction of sp³-hybridized carbons (Fsp3) is 0.231. The number of carboxylic acid groups (broad SMARTS) is 1. The molecule has 0 bridgehead atoms. The first-order chi connectivity index (χ1) is 9.04. The van der Waals surface area contributed by atoms with Crippen LogP contribution in [0.1, 0.15) is 23.7 Å². The van der Waals surface area contributed by atoms with Crippen molar-refractivity contribution in [3.05, 3.63) is 35.4 Å². The Morgan fingerprint density at radius 1 is 1.42 bits per heavy atom. The summed E-state index contributed by atoms with van der Waals surface area (Å²) in [5.41, 5.74) is -0.414. The SMILES string of the molecule is CCCOc1nc2c(F)c(F)ccc2cc1C(=O)O. The molecule has 0 amide bonds. The molecule has 1 N–H and O–H groups in total. The zero-order valence-corrected chi connectivity index (χ0v) is 10.1. The number of nitrogens with zero attached hydrogens (tertiary/aromatic N) is 1. The number of aromatic nitrogens is 1. The standard InChI is InChI=1S/C13H11F2NO3/c1-2-5-19-12-8(13(17)18)6-7-3-4-9(14)10(15)11(7)16-12/h3-4,6H,2,5H2,1H3,(H,17,18). The summed E-state index contributed by atoms with van der Waals surface area (Å²) >= 11 is 0. The van der Waals surface area contributed by atoms with Crippen LogP contribution in [-0.2, 0) is 0 Å². The van der Waals surface area contributed by atoms with Crippen molar-refractivity contribution < 1.29 is 23.4 Å². The quantitative estimate of drug-likeness (QED) is 0.925. The first kappa shape index (κ1) is 13.2. The number of pyridine rings is 1. The van der Waals surface area contributed by atoms with Crippen molar-refractivity contribution in [2.75, 3.05) is 6.61 Å². The first-order valence-electron chi connectivity index (χ1n) is 5.69. The fourth-order valence-corrected chi connectivity index (χ4v) is 1.63. The molecule has 0 saturated heterocycles. The van der Waals surface area contributed by atoms with Gasteiger partial charge in [-0.25, -0.2) is 18.6 Å². The van der Waals surface area contributed by atoms with Gasteiger partial charge in [-0.1, -0.05) is 6.92 Å². The van der Waals surface area contributed by atoms with Crippen molar-refractivity contribution in [2.24, 2.45) is 0 Å². The number of rotatable bonds is 4. The summed E-state index contributed by atoms with van der Waals surface area (Å²) in [6, 6.07) is 3.42. The molecule has 2 rings (SSSR count). The van der Waals surface area contributed by atoms with Crippen LogP contribution in [-0.4, -0.2) is 22.7 Å². The smallest absolute Gasteiger partial charge is 0.341 e. The van der Waals surface area contributed by atoms with Gasteiger partial charge in [0.1, 0.15) is 11.1 Å². The number of hydrogen-bond donors (Lipinski definition) is 1. The maximum Gasteiger partial charge on any atom is 0.341 e. The van der Waals surface area contributed by atoms with Crippen molar-refractivity contribution in [3.8, 4) is 5.88 Å². The minimum atomic E-state index is -1.23. The van der Waals surface area contributed by atoms with E-state index in [1.807, 2.05) is 6.92 Å². The van der Waals surface area contributed by atoms with E-state index >= 15 is 0 Å². The Morgan fingerprint density at radius 3 is 2.79 bits per heavy atom. The Bertz CT molecular complexity index is 643. The van der Waals surface area contributed by atoms with Gasteiger partial charge in [-0.05, 0) is 24.6 Å². The molecular weight excluding hydrogens is 256 g/mol. The summed E-state index contributed by atoms with van der Waals surface area (Å²) in [5.74, 6) is -3.59. The van der Waals surface area contributed by atoms with Gasteiger partial charge in [0.25, 0.3) is 0 Å². The zero-order chi connectivity index (χ0) is 14.0. The molecular formula is C13H11F2NO3. The van der Waals surface area contributed by atoms with E-state index in [4.69, 9.17) is 9.84 Å². The second kappa shape index (κ2) is 5.17. The van der Waals surface area contributed by atoms with E-state index < -0.39 is 17.6 Å². The molecule has 0 unspecified atom stereocenters. The van der Waals surface area contributed by atoms with Gasteiger partial charge in [0.15, 0.2) is 11.6 Å². The maximum absolute atomic E-state index is 13.6. The van der Waals surface area contributed by atoms with Crippen LogP contribution in [0.3, 0.4) is 0 Å². The molecule has 0 aliphatic carbocycles. The lowest BCUT2D eigenvalue weighted by molar-refractivity contribution is 0.0691. The van der Waals surface area contributed by atoms with Crippen LogP contribution in [0.25, 0.3) is 10.9 Å². The number of hydrogen-bond acceptors (Lipinski definition) is 3. The normalized spacial score (nSPS) is 10.7. The Morgan fingerprint density at radius 2 is 2.16 bits per heavy atom. The summed E-state index contributed by atoms with van der Waals surface area (Å²) in [4.78, 5) is 14.9. The lowest BCUT2D eigenvalue weighted by Crippen LogP contribution is -2.07. The highest BCUT2D eigenvalue weighted by Gasteiger charge is 2.17. The zero-order valence-electron chi connectivity index (χ0n) is 10.1. The van der Waals surface area contributed by atoms with Crippen LogP contribution in [0.5, 0.6) is 5.88 Å². The van der Waals surface area contributed by atoms with E-state index in [9.17, 15) is 13.6 Å². The van der Waals surface area contributed by atoms with Crippen molar-refractivity contribution in [2.45, 2.75) is 13.3 Å². The molecule has 19 heavy (non-hydrogen) atoms. The summed E-state index contributed by atoms with van der Waals surface area (Å²) in [5, 5.41) is 9.27. The molecule has 100 valence electrons. The Labute approximate surface area is 107 Å². The first-order valence-corrected chi connectivity index (χ1v) is 5.69. The van der Waals surface area contributed by atoms with Crippen LogP contribution in [0, 0.1) is 11.6 Å². The number of carbonyl (C=O) groups is 1. The monoisotopic (exact) mass is 267 g/mol. The number of ether oxygens (including phenoxy) is 1. The Kier molecular flexibility index (Phi) is 3.59. The second-order valence-electron chi connectivity index (χ2n) is 3.93. The molecule has 0 atom stereocenters. The molecule has 4 nitrogen and oxygen atoms in total. The number of aromatic carboxylic acids is 1. The molecule has 1 aromatic heterocycles. The lowest BCUT2D eigenvalue weighted by atomic mass is 10.1. The predicted molar refractivity (Wildman–Crippen MR) is 64.4 cm³/mol. The summed E-state index contributed by atoms with van der Waals surface area (Å²) < 4.78 is 31.9. The van der Waals surface area contributed by atoms with Crippen LogP contribution < -0.4 is 4.74 Å². The van der Waals surface area contributed by atoms with Gasteiger partial charge < -0.3 is 9.84 Å². The summed E-state index contributed by atoms with van der Waals surface area (Å²) in [6.45, 7) is 2.08. The van der Waals surface area contributed by atoms with E-state index in [0.717, 1.165) is 6.07 Å². The summed E-state index contributed by atoms with van der Waals surface area (Å²) in [6.07, 6.45) is 0.643. The van der Waals surface area contributed by atoms with Gasteiger partial charge in [-0.15, -0.1) is 0 Å². The third-order valence-corrected chi connectivity index (χ3v) is 2.52. The highest BCUT2D eigenvalue weighted by molar-refractivity contribution is 5.95. The number of fused-ring (bicyclic) bond motifs is 1. The van der Waals surface area contributed by atoms with Crippen LogP contribution in [0.4, 0.5) is 8.78 Å². The van der Waals surface area contributed by atoms with E-state index in [1.165, 1.54) is 12.1 Å².